The van der Waals surface area contributed by atoms with Crippen molar-refractivity contribution < 1.29 is 0 Å². The Morgan fingerprint density at radius 1 is 1.22 bits per heavy atom. The lowest BCUT2D eigenvalue weighted by molar-refractivity contribution is 1.08. The van der Waals surface area contributed by atoms with Crippen molar-refractivity contribution in [3.63, 3.8) is 0 Å². The molecule has 4 heteroatoms. The highest BCUT2D eigenvalue weighted by molar-refractivity contribution is 9.10. The van der Waals surface area contributed by atoms with Gasteiger partial charge in [0, 0.05) is 37.5 Å². The molecule has 2 rings (SSSR count). The Balaban J connectivity index is 2.11. The van der Waals surface area contributed by atoms with Crippen LogP contribution in [0.4, 0.5) is 11.4 Å². The minimum atomic E-state index is 0.761. The number of hydrogen-bond donors (Lipinski definition) is 1. The number of benzene rings is 1. The minimum absolute atomic E-state index is 0.761. The Labute approximate surface area is 116 Å². The number of rotatable bonds is 4. The summed E-state index contributed by atoms with van der Waals surface area (Å²) in [5.74, 6) is 0. The Morgan fingerprint density at radius 2 is 2.00 bits per heavy atom. The van der Waals surface area contributed by atoms with E-state index >= 15 is 0 Å². The topological polar surface area (TPSA) is 28.2 Å². The predicted molar refractivity (Wildman–Crippen MR) is 80.0 cm³/mol. The van der Waals surface area contributed by atoms with Gasteiger partial charge in [-0.1, -0.05) is 12.1 Å². The summed E-state index contributed by atoms with van der Waals surface area (Å²) in [5, 5.41) is 3.44. The molecule has 0 aliphatic heterocycles. The van der Waals surface area contributed by atoms with Crippen molar-refractivity contribution in [2.45, 2.75) is 6.54 Å². The lowest BCUT2D eigenvalue weighted by Gasteiger charge is -2.18. The first kappa shape index (κ1) is 12.9. The number of halogens is 1. The van der Waals surface area contributed by atoms with Crippen LogP contribution < -0.4 is 10.2 Å². The average Bonchev–Trinajstić information content (AvgIpc) is 2.37. The van der Waals surface area contributed by atoms with E-state index in [0.717, 1.165) is 22.3 Å². The Kier molecular flexibility index (Phi) is 4.20. The third-order valence-corrected chi connectivity index (χ3v) is 3.06. The maximum Gasteiger partial charge on any atom is 0.0596 e. The van der Waals surface area contributed by atoms with E-state index in [9.17, 15) is 0 Å². The van der Waals surface area contributed by atoms with Crippen molar-refractivity contribution in [2.24, 2.45) is 0 Å². The monoisotopic (exact) mass is 305 g/mol. The van der Waals surface area contributed by atoms with E-state index in [2.05, 4.69) is 49.3 Å². The van der Waals surface area contributed by atoms with E-state index in [-0.39, 0.29) is 0 Å². The van der Waals surface area contributed by atoms with Crippen LogP contribution in [0, 0.1) is 0 Å². The molecule has 0 unspecified atom stereocenters. The highest BCUT2D eigenvalue weighted by atomic mass is 79.9. The van der Waals surface area contributed by atoms with E-state index in [1.54, 1.807) is 6.20 Å². The van der Waals surface area contributed by atoms with Crippen molar-refractivity contribution in [3.8, 4) is 0 Å². The zero-order valence-corrected chi connectivity index (χ0v) is 12.1. The molecule has 0 fully saturated rings. The van der Waals surface area contributed by atoms with Gasteiger partial charge in [0.15, 0.2) is 0 Å². The summed E-state index contributed by atoms with van der Waals surface area (Å²) in [4.78, 5) is 6.26. The number of nitrogens with zero attached hydrogens (tertiary/aromatic N) is 2. The van der Waals surface area contributed by atoms with E-state index in [4.69, 9.17) is 0 Å². The Bertz CT molecular complexity index is 526. The van der Waals surface area contributed by atoms with Gasteiger partial charge in [0.1, 0.15) is 0 Å². The molecular formula is C14H16BrN3. The number of para-hydroxylation sites is 2. The van der Waals surface area contributed by atoms with Crippen LogP contribution in [-0.2, 0) is 6.54 Å². The van der Waals surface area contributed by atoms with Gasteiger partial charge in [-0.15, -0.1) is 0 Å². The summed E-state index contributed by atoms with van der Waals surface area (Å²) in [5.41, 5.74) is 3.46. The number of anilines is 2. The van der Waals surface area contributed by atoms with Crippen molar-refractivity contribution in [2.75, 3.05) is 24.3 Å². The normalized spacial score (nSPS) is 10.2. The van der Waals surface area contributed by atoms with Gasteiger partial charge in [-0.25, -0.2) is 0 Å². The summed E-state index contributed by atoms with van der Waals surface area (Å²) >= 11 is 3.43. The molecule has 18 heavy (non-hydrogen) atoms. The van der Waals surface area contributed by atoms with Crippen LogP contribution in [-0.4, -0.2) is 19.1 Å². The number of pyridine rings is 1. The van der Waals surface area contributed by atoms with Crippen molar-refractivity contribution in [3.05, 3.63) is 52.8 Å². The molecule has 1 N–H and O–H groups in total. The van der Waals surface area contributed by atoms with E-state index in [1.807, 2.05) is 32.4 Å². The Morgan fingerprint density at radius 3 is 2.72 bits per heavy atom. The molecule has 0 saturated carbocycles. The van der Waals surface area contributed by atoms with Gasteiger partial charge in [0.2, 0.25) is 0 Å². The quantitative estimate of drug-likeness (QED) is 0.937. The van der Waals surface area contributed by atoms with Crippen molar-refractivity contribution in [1.82, 2.24) is 4.98 Å². The van der Waals surface area contributed by atoms with Gasteiger partial charge in [-0.2, -0.15) is 0 Å². The zero-order valence-electron chi connectivity index (χ0n) is 10.5. The van der Waals surface area contributed by atoms with Crippen LogP contribution in [0.1, 0.15) is 5.56 Å². The van der Waals surface area contributed by atoms with Gasteiger partial charge in [0.05, 0.1) is 11.4 Å². The van der Waals surface area contributed by atoms with E-state index in [0.29, 0.717) is 0 Å². The van der Waals surface area contributed by atoms with Gasteiger partial charge in [0.25, 0.3) is 0 Å². The lowest BCUT2D eigenvalue weighted by atomic mass is 10.2. The maximum absolute atomic E-state index is 4.16. The third-order valence-electron chi connectivity index (χ3n) is 2.63. The molecule has 3 nitrogen and oxygen atoms in total. The molecular weight excluding hydrogens is 290 g/mol. The smallest absolute Gasteiger partial charge is 0.0596 e. The fourth-order valence-corrected chi connectivity index (χ4v) is 2.18. The zero-order chi connectivity index (χ0) is 13.0. The van der Waals surface area contributed by atoms with Crippen molar-refractivity contribution in [1.29, 1.82) is 0 Å². The van der Waals surface area contributed by atoms with E-state index < -0.39 is 0 Å². The largest absolute Gasteiger partial charge is 0.379 e. The molecule has 0 radical (unpaired) electrons. The molecule has 0 atom stereocenters. The van der Waals surface area contributed by atoms with Crippen LogP contribution >= 0.6 is 15.9 Å². The highest BCUT2D eigenvalue weighted by Crippen LogP contribution is 2.24. The van der Waals surface area contributed by atoms with Gasteiger partial charge < -0.3 is 10.2 Å². The summed E-state index contributed by atoms with van der Waals surface area (Å²) in [7, 11) is 4.09. The first-order valence-electron chi connectivity index (χ1n) is 5.76. The molecule has 1 aromatic heterocycles. The van der Waals surface area contributed by atoms with Crippen LogP contribution in [0.15, 0.2) is 47.2 Å². The SMILES string of the molecule is CN(C)c1ccccc1NCc1cncc(Br)c1. The lowest BCUT2D eigenvalue weighted by Crippen LogP contribution is -2.12. The van der Waals surface area contributed by atoms with Crippen molar-refractivity contribution >= 4 is 27.3 Å². The first-order chi connectivity index (χ1) is 8.66. The van der Waals surface area contributed by atoms with Crippen LogP contribution in [0.5, 0.6) is 0 Å². The fraction of sp³-hybridized carbons (Fsp3) is 0.214. The van der Waals surface area contributed by atoms with Gasteiger partial charge in [-0.05, 0) is 39.7 Å². The number of nitrogens with one attached hydrogen (secondary N) is 1. The second kappa shape index (κ2) is 5.87. The molecule has 0 aliphatic carbocycles. The molecule has 0 saturated heterocycles. The summed E-state index contributed by atoms with van der Waals surface area (Å²) < 4.78 is 1.00. The van der Waals surface area contributed by atoms with Gasteiger partial charge >= 0.3 is 0 Å². The first-order valence-corrected chi connectivity index (χ1v) is 6.56. The summed E-state index contributed by atoms with van der Waals surface area (Å²) in [6.07, 6.45) is 3.66. The fourth-order valence-electron chi connectivity index (χ4n) is 1.76. The van der Waals surface area contributed by atoms with Crippen LogP contribution in [0.3, 0.4) is 0 Å². The van der Waals surface area contributed by atoms with Crippen LogP contribution in [0.2, 0.25) is 0 Å². The van der Waals surface area contributed by atoms with E-state index in [1.165, 1.54) is 5.69 Å². The molecule has 0 aliphatic rings. The molecule has 0 spiro atoms. The summed E-state index contributed by atoms with van der Waals surface area (Å²) in [6, 6.07) is 10.3. The molecule has 2 aromatic rings. The number of aromatic nitrogens is 1. The Hall–Kier alpha value is -1.55. The predicted octanol–water partition coefficient (Wildman–Crippen LogP) is 3.52. The maximum atomic E-state index is 4.16. The molecule has 1 aromatic carbocycles. The summed E-state index contributed by atoms with van der Waals surface area (Å²) in [6.45, 7) is 0.761. The molecule has 94 valence electrons. The minimum Gasteiger partial charge on any atom is -0.379 e. The van der Waals surface area contributed by atoms with Gasteiger partial charge in [-0.3, -0.25) is 4.98 Å². The standard InChI is InChI=1S/C14H16BrN3/c1-18(2)14-6-4-3-5-13(14)17-9-11-7-12(15)10-16-8-11/h3-8,10,17H,9H2,1-2H3. The van der Waals surface area contributed by atoms with Crippen LogP contribution in [0.25, 0.3) is 0 Å². The average molecular weight is 306 g/mol. The number of hydrogen-bond acceptors (Lipinski definition) is 3. The second-order valence-corrected chi connectivity index (χ2v) is 5.19. The third kappa shape index (κ3) is 3.23. The molecule has 0 bridgehead atoms. The second-order valence-electron chi connectivity index (χ2n) is 4.28. The molecule has 1 heterocycles. The molecule has 0 amide bonds. The highest BCUT2D eigenvalue weighted by Gasteiger charge is 2.03.